The summed E-state index contributed by atoms with van der Waals surface area (Å²) < 4.78 is 42.9. The Morgan fingerprint density at radius 3 is 2.70 bits per heavy atom. The maximum atomic E-state index is 12.6. The van der Waals surface area contributed by atoms with Crippen LogP contribution in [-0.4, -0.2) is 32.7 Å². The Balaban J connectivity index is 2.65. The van der Waals surface area contributed by atoms with Crippen LogP contribution in [0.5, 0.6) is 0 Å². The Morgan fingerprint density at radius 1 is 1.40 bits per heavy atom. The van der Waals surface area contributed by atoms with Crippen LogP contribution in [0, 0.1) is 0 Å². The molecule has 1 aromatic rings. The summed E-state index contributed by atoms with van der Waals surface area (Å²) in [5, 5.41) is 5.21. The number of hydrogen-bond acceptors (Lipinski definition) is 3. The Labute approximate surface area is 122 Å². The number of ether oxygens (including phenoxy) is 1. The van der Waals surface area contributed by atoms with Gasteiger partial charge in [-0.3, -0.25) is 4.79 Å². The van der Waals surface area contributed by atoms with Gasteiger partial charge in [0, 0.05) is 18.1 Å². The van der Waals surface area contributed by atoms with E-state index in [1.807, 2.05) is 0 Å². The average molecular weight is 355 g/mol. The van der Waals surface area contributed by atoms with Gasteiger partial charge in [0.2, 0.25) is 5.91 Å². The number of hydrogen-bond donors (Lipinski definition) is 2. The third-order valence-electron chi connectivity index (χ3n) is 2.34. The molecule has 0 saturated carbocycles. The van der Waals surface area contributed by atoms with Gasteiger partial charge in [0.1, 0.15) is 0 Å². The van der Waals surface area contributed by atoms with Gasteiger partial charge in [-0.15, -0.1) is 0 Å². The van der Waals surface area contributed by atoms with Crippen molar-refractivity contribution in [2.45, 2.75) is 6.18 Å². The van der Waals surface area contributed by atoms with E-state index in [9.17, 15) is 18.0 Å². The molecule has 4 nitrogen and oxygen atoms in total. The molecule has 8 heteroatoms. The minimum Gasteiger partial charge on any atom is -0.383 e. The van der Waals surface area contributed by atoms with Gasteiger partial charge in [-0.1, -0.05) is 0 Å². The number of methoxy groups -OCH3 is 1. The highest BCUT2D eigenvalue weighted by atomic mass is 79.9. The molecule has 0 aromatic heterocycles. The molecule has 112 valence electrons. The fourth-order valence-electron chi connectivity index (χ4n) is 1.37. The smallest absolute Gasteiger partial charge is 0.383 e. The number of benzene rings is 1. The SMILES string of the molecule is COCCNCC(=O)Nc1cc(C(F)(F)F)ccc1Br. The van der Waals surface area contributed by atoms with Crippen molar-refractivity contribution in [2.75, 3.05) is 32.1 Å². The van der Waals surface area contributed by atoms with E-state index in [-0.39, 0.29) is 12.2 Å². The molecule has 20 heavy (non-hydrogen) atoms. The molecule has 0 unspecified atom stereocenters. The predicted molar refractivity (Wildman–Crippen MR) is 72.5 cm³/mol. The molecule has 0 heterocycles. The van der Waals surface area contributed by atoms with Crippen LogP contribution in [0.15, 0.2) is 22.7 Å². The van der Waals surface area contributed by atoms with Gasteiger partial charge >= 0.3 is 6.18 Å². The normalized spacial score (nSPS) is 11.4. The number of rotatable bonds is 6. The van der Waals surface area contributed by atoms with Crippen LogP contribution in [0.25, 0.3) is 0 Å². The molecule has 0 aliphatic heterocycles. The Morgan fingerprint density at radius 2 is 2.10 bits per heavy atom. The summed E-state index contributed by atoms with van der Waals surface area (Å²) in [6.07, 6.45) is -4.45. The van der Waals surface area contributed by atoms with E-state index in [4.69, 9.17) is 4.74 Å². The summed E-state index contributed by atoms with van der Waals surface area (Å²) in [6.45, 7) is 0.917. The minimum absolute atomic E-state index is 0.00789. The molecule has 0 fully saturated rings. The van der Waals surface area contributed by atoms with Crippen LogP contribution in [0.4, 0.5) is 18.9 Å². The first kappa shape index (κ1) is 16.9. The molecule has 0 radical (unpaired) electrons. The number of carbonyl (C=O) groups excluding carboxylic acids is 1. The van der Waals surface area contributed by atoms with Crippen molar-refractivity contribution in [1.29, 1.82) is 0 Å². The van der Waals surface area contributed by atoms with Crippen molar-refractivity contribution in [2.24, 2.45) is 0 Å². The van der Waals surface area contributed by atoms with Crippen molar-refractivity contribution in [3.8, 4) is 0 Å². The lowest BCUT2D eigenvalue weighted by atomic mass is 10.2. The maximum absolute atomic E-state index is 12.6. The van der Waals surface area contributed by atoms with Crippen LogP contribution >= 0.6 is 15.9 Å². The van der Waals surface area contributed by atoms with E-state index in [2.05, 4.69) is 26.6 Å². The minimum atomic E-state index is -4.45. The first-order valence-corrected chi connectivity index (χ1v) is 6.50. The highest BCUT2D eigenvalue weighted by molar-refractivity contribution is 9.10. The summed E-state index contributed by atoms with van der Waals surface area (Å²) in [5.74, 6) is -0.430. The van der Waals surface area contributed by atoms with E-state index < -0.39 is 17.6 Å². The number of carbonyl (C=O) groups is 1. The number of halogens is 4. The molecule has 0 spiro atoms. The average Bonchev–Trinajstić information content (AvgIpc) is 2.36. The molecule has 1 rings (SSSR count). The molecule has 0 bridgehead atoms. The van der Waals surface area contributed by atoms with Gasteiger partial charge in [-0.25, -0.2) is 0 Å². The fourth-order valence-corrected chi connectivity index (χ4v) is 1.71. The van der Waals surface area contributed by atoms with Gasteiger partial charge in [-0.2, -0.15) is 13.2 Å². The van der Waals surface area contributed by atoms with Gasteiger partial charge in [0.25, 0.3) is 0 Å². The van der Waals surface area contributed by atoms with E-state index >= 15 is 0 Å². The summed E-state index contributed by atoms with van der Waals surface area (Å²) in [5.41, 5.74) is -0.735. The first-order valence-electron chi connectivity index (χ1n) is 5.71. The molecule has 2 N–H and O–H groups in total. The van der Waals surface area contributed by atoms with Gasteiger partial charge in [0.05, 0.1) is 24.4 Å². The van der Waals surface area contributed by atoms with Crippen LogP contribution in [-0.2, 0) is 15.7 Å². The Bertz CT molecular complexity index is 467. The molecule has 0 aliphatic rings. The molecule has 0 atom stereocenters. The zero-order valence-electron chi connectivity index (χ0n) is 10.7. The van der Waals surface area contributed by atoms with Crippen molar-refractivity contribution >= 4 is 27.5 Å². The highest BCUT2D eigenvalue weighted by Gasteiger charge is 2.31. The number of amides is 1. The second-order valence-corrected chi connectivity index (χ2v) is 4.76. The molecule has 0 saturated heterocycles. The third-order valence-corrected chi connectivity index (χ3v) is 3.03. The standard InChI is InChI=1S/C12H14BrF3N2O2/c1-20-5-4-17-7-11(19)18-10-6-8(12(14,15)16)2-3-9(10)13/h2-3,6,17H,4-5,7H2,1H3,(H,18,19). The summed E-state index contributed by atoms with van der Waals surface area (Å²) >= 11 is 3.10. The Kier molecular flexibility index (Phi) is 6.44. The van der Waals surface area contributed by atoms with Crippen LogP contribution in [0.1, 0.15) is 5.56 Å². The largest absolute Gasteiger partial charge is 0.416 e. The lowest BCUT2D eigenvalue weighted by molar-refractivity contribution is -0.137. The molecular formula is C12H14BrF3N2O2. The van der Waals surface area contributed by atoms with E-state index in [1.54, 1.807) is 0 Å². The Hall–Kier alpha value is -1.12. The summed E-state index contributed by atoms with van der Waals surface area (Å²) in [7, 11) is 1.53. The van der Waals surface area contributed by atoms with Crippen LogP contribution < -0.4 is 10.6 Å². The van der Waals surface area contributed by atoms with Gasteiger partial charge in [-0.05, 0) is 34.1 Å². The van der Waals surface area contributed by atoms with E-state index in [1.165, 1.54) is 13.2 Å². The second-order valence-electron chi connectivity index (χ2n) is 3.91. The van der Waals surface area contributed by atoms with Crippen molar-refractivity contribution in [3.05, 3.63) is 28.2 Å². The molecule has 1 aromatic carbocycles. The van der Waals surface area contributed by atoms with E-state index in [0.29, 0.717) is 17.6 Å². The lowest BCUT2D eigenvalue weighted by Crippen LogP contribution is -2.30. The maximum Gasteiger partial charge on any atom is 0.416 e. The fraction of sp³-hybridized carbons (Fsp3) is 0.417. The molecular weight excluding hydrogens is 341 g/mol. The number of anilines is 1. The number of alkyl halides is 3. The van der Waals surface area contributed by atoms with E-state index in [0.717, 1.165) is 12.1 Å². The van der Waals surface area contributed by atoms with Gasteiger partial charge in [0.15, 0.2) is 0 Å². The summed E-state index contributed by atoms with van der Waals surface area (Å²) in [4.78, 5) is 11.6. The predicted octanol–water partition coefficient (Wildman–Crippen LogP) is 2.64. The number of nitrogens with one attached hydrogen (secondary N) is 2. The zero-order chi connectivity index (χ0) is 15.2. The van der Waals surface area contributed by atoms with Crippen LogP contribution in [0.2, 0.25) is 0 Å². The van der Waals surface area contributed by atoms with Crippen molar-refractivity contribution in [3.63, 3.8) is 0 Å². The first-order chi connectivity index (χ1) is 9.34. The van der Waals surface area contributed by atoms with Crippen LogP contribution in [0.3, 0.4) is 0 Å². The molecule has 0 aliphatic carbocycles. The highest BCUT2D eigenvalue weighted by Crippen LogP contribution is 2.33. The lowest BCUT2D eigenvalue weighted by Gasteiger charge is -2.12. The monoisotopic (exact) mass is 354 g/mol. The second kappa shape index (κ2) is 7.61. The summed E-state index contributed by atoms with van der Waals surface area (Å²) in [6, 6.07) is 3.07. The molecule has 1 amide bonds. The van der Waals surface area contributed by atoms with Crippen molar-refractivity contribution < 1.29 is 22.7 Å². The van der Waals surface area contributed by atoms with Crippen molar-refractivity contribution in [1.82, 2.24) is 5.32 Å². The zero-order valence-corrected chi connectivity index (χ0v) is 12.3. The van der Waals surface area contributed by atoms with Gasteiger partial charge < -0.3 is 15.4 Å². The topological polar surface area (TPSA) is 50.4 Å². The third kappa shape index (κ3) is 5.48. The quantitative estimate of drug-likeness (QED) is 0.772.